The number of hydrogen-bond donors (Lipinski definition) is 0. The van der Waals surface area contributed by atoms with Crippen LogP contribution in [0.25, 0.3) is 0 Å². The fraction of sp³-hybridized carbons (Fsp3) is 0.467. The van der Waals surface area contributed by atoms with Gasteiger partial charge in [-0.1, -0.05) is 13.0 Å². The number of hydroxylamine groups is 2. The predicted molar refractivity (Wildman–Crippen MR) is 75.6 cm³/mol. The average Bonchev–Trinajstić information content (AvgIpc) is 2.96. The lowest BCUT2D eigenvalue weighted by Crippen LogP contribution is -2.30. The van der Waals surface area contributed by atoms with Gasteiger partial charge in [0.15, 0.2) is 0 Å². The van der Waals surface area contributed by atoms with E-state index in [-0.39, 0.29) is 24.1 Å². The zero-order chi connectivity index (χ0) is 16.1. The molecule has 118 valence electrons. The molecule has 2 rings (SSSR count). The Morgan fingerprint density at radius 2 is 1.77 bits per heavy atom. The van der Waals surface area contributed by atoms with Crippen LogP contribution in [0.2, 0.25) is 0 Å². The number of nitrogens with zero attached hydrogens (tertiary/aromatic N) is 2. The lowest BCUT2D eigenvalue weighted by Gasteiger charge is -2.16. The Morgan fingerprint density at radius 1 is 1.09 bits per heavy atom. The molecule has 0 aromatic heterocycles. The summed E-state index contributed by atoms with van der Waals surface area (Å²) in [5, 5.41) is 0.968. The van der Waals surface area contributed by atoms with Crippen LogP contribution in [-0.2, 0) is 24.0 Å². The minimum atomic E-state index is -0.480. The zero-order valence-electron chi connectivity index (χ0n) is 12.2. The van der Waals surface area contributed by atoms with Gasteiger partial charge in [0, 0.05) is 31.5 Å². The topological polar surface area (TPSA) is 84.0 Å². The van der Waals surface area contributed by atoms with Crippen molar-refractivity contribution in [1.29, 1.82) is 0 Å². The average molecular weight is 306 g/mol. The Morgan fingerprint density at radius 3 is 2.36 bits per heavy atom. The molecule has 0 unspecified atom stereocenters. The van der Waals surface area contributed by atoms with E-state index in [1.54, 1.807) is 0 Å². The molecule has 1 saturated heterocycles. The van der Waals surface area contributed by atoms with Crippen molar-refractivity contribution in [3.05, 3.63) is 24.4 Å². The van der Waals surface area contributed by atoms with E-state index >= 15 is 0 Å². The fourth-order valence-corrected chi connectivity index (χ4v) is 2.26. The second-order valence-electron chi connectivity index (χ2n) is 5.19. The van der Waals surface area contributed by atoms with Gasteiger partial charge >= 0.3 is 5.97 Å². The summed E-state index contributed by atoms with van der Waals surface area (Å²) in [4.78, 5) is 51.8. The van der Waals surface area contributed by atoms with Gasteiger partial charge in [-0.3, -0.25) is 19.3 Å². The summed E-state index contributed by atoms with van der Waals surface area (Å²) in [5.74, 6) is -1.32. The van der Waals surface area contributed by atoms with Crippen LogP contribution >= 0.6 is 0 Å². The summed E-state index contributed by atoms with van der Waals surface area (Å²) in [7, 11) is 0. The molecule has 3 amide bonds. The van der Waals surface area contributed by atoms with Crippen molar-refractivity contribution in [3.8, 4) is 0 Å². The summed E-state index contributed by atoms with van der Waals surface area (Å²) in [6.45, 7) is 4.01. The monoisotopic (exact) mass is 306 g/mol. The molecule has 0 saturated carbocycles. The standard InChI is InChI=1S/C15H18N2O5/c1-11-6-7-14(20)17(11)22-15(21)5-3-2-4-10-16-12(18)8-9-13(16)19/h8-9H,1-7,10H2. The molecule has 0 aromatic rings. The predicted octanol–water partition coefficient (Wildman–Crippen LogP) is 1.07. The van der Waals surface area contributed by atoms with E-state index in [0.29, 0.717) is 44.3 Å². The highest BCUT2D eigenvalue weighted by atomic mass is 16.7. The number of unbranched alkanes of at least 4 members (excludes halogenated alkanes) is 2. The number of allylic oxidation sites excluding steroid dienone is 1. The summed E-state index contributed by atoms with van der Waals surface area (Å²) >= 11 is 0. The Bertz CT molecular complexity index is 518. The maximum atomic E-state index is 11.6. The molecule has 2 heterocycles. The first-order valence-corrected chi connectivity index (χ1v) is 7.24. The molecule has 0 atom stereocenters. The van der Waals surface area contributed by atoms with Gasteiger partial charge < -0.3 is 4.84 Å². The summed E-state index contributed by atoms with van der Waals surface area (Å²) in [5.41, 5.74) is 0.497. The van der Waals surface area contributed by atoms with Crippen LogP contribution in [0.1, 0.15) is 38.5 Å². The van der Waals surface area contributed by atoms with Gasteiger partial charge in [-0.2, -0.15) is 0 Å². The van der Waals surface area contributed by atoms with Crippen LogP contribution in [0.15, 0.2) is 24.4 Å². The zero-order valence-corrected chi connectivity index (χ0v) is 12.2. The van der Waals surface area contributed by atoms with E-state index in [1.807, 2.05) is 0 Å². The minimum absolute atomic E-state index is 0.178. The maximum absolute atomic E-state index is 11.6. The molecule has 0 radical (unpaired) electrons. The van der Waals surface area contributed by atoms with Gasteiger partial charge in [-0.05, 0) is 19.3 Å². The van der Waals surface area contributed by atoms with E-state index < -0.39 is 5.97 Å². The number of carbonyl (C=O) groups excluding carboxylic acids is 4. The third-order valence-corrected chi connectivity index (χ3v) is 3.50. The summed E-state index contributed by atoms with van der Waals surface area (Å²) < 4.78 is 0. The van der Waals surface area contributed by atoms with Crippen LogP contribution in [0.4, 0.5) is 0 Å². The first-order chi connectivity index (χ1) is 10.5. The van der Waals surface area contributed by atoms with Crippen molar-refractivity contribution in [3.63, 3.8) is 0 Å². The minimum Gasteiger partial charge on any atom is -0.334 e. The summed E-state index contributed by atoms with van der Waals surface area (Å²) in [6.07, 6.45) is 5.38. The van der Waals surface area contributed by atoms with E-state index in [1.165, 1.54) is 17.1 Å². The number of hydrogen-bond acceptors (Lipinski definition) is 5. The van der Waals surface area contributed by atoms with Crippen molar-refractivity contribution in [2.24, 2.45) is 0 Å². The van der Waals surface area contributed by atoms with Crippen LogP contribution in [0.3, 0.4) is 0 Å². The Balaban J connectivity index is 1.60. The largest absolute Gasteiger partial charge is 0.334 e. The number of imide groups is 1. The van der Waals surface area contributed by atoms with Gasteiger partial charge in [-0.15, -0.1) is 5.06 Å². The van der Waals surface area contributed by atoms with Gasteiger partial charge in [0.05, 0.1) is 5.70 Å². The smallest absolute Gasteiger partial charge is 0.333 e. The van der Waals surface area contributed by atoms with Crippen LogP contribution in [0.5, 0.6) is 0 Å². The van der Waals surface area contributed by atoms with Crippen molar-refractivity contribution >= 4 is 23.7 Å². The quantitative estimate of drug-likeness (QED) is 0.519. The lowest BCUT2D eigenvalue weighted by atomic mass is 10.2. The molecule has 0 spiro atoms. The first-order valence-electron chi connectivity index (χ1n) is 7.24. The Labute approximate surface area is 128 Å². The molecule has 0 aliphatic carbocycles. The fourth-order valence-electron chi connectivity index (χ4n) is 2.26. The van der Waals surface area contributed by atoms with Crippen molar-refractivity contribution < 1.29 is 24.0 Å². The maximum Gasteiger partial charge on any atom is 0.333 e. The SMILES string of the molecule is C=C1CCC(=O)N1OC(=O)CCCCCN1C(=O)C=CC1=O. The normalized spacial score (nSPS) is 17.8. The molecular formula is C15H18N2O5. The molecule has 2 aliphatic rings. The molecule has 0 N–H and O–H groups in total. The Hall–Kier alpha value is -2.44. The van der Waals surface area contributed by atoms with Crippen LogP contribution in [0, 0.1) is 0 Å². The van der Waals surface area contributed by atoms with Gasteiger partial charge in [0.25, 0.3) is 17.7 Å². The van der Waals surface area contributed by atoms with Crippen molar-refractivity contribution in [2.45, 2.75) is 38.5 Å². The Kier molecular flexibility index (Phi) is 5.08. The van der Waals surface area contributed by atoms with E-state index in [2.05, 4.69) is 6.58 Å². The van der Waals surface area contributed by atoms with Crippen LogP contribution < -0.4 is 0 Å². The van der Waals surface area contributed by atoms with Crippen molar-refractivity contribution in [2.75, 3.05) is 6.54 Å². The molecule has 2 aliphatic heterocycles. The highest BCUT2D eigenvalue weighted by molar-refractivity contribution is 6.12. The molecule has 0 aromatic carbocycles. The van der Waals surface area contributed by atoms with Gasteiger partial charge in [0.1, 0.15) is 0 Å². The van der Waals surface area contributed by atoms with Gasteiger partial charge in [-0.25, -0.2) is 4.79 Å². The highest BCUT2D eigenvalue weighted by Gasteiger charge is 2.28. The molecule has 22 heavy (non-hydrogen) atoms. The molecule has 0 bridgehead atoms. The third-order valence-electron chi connectivity index (χ3n) is 3.50. The molecule has 1 fully saturated rings. The van der Waals surface area contributed by atoms with E-state index in [0.717, 1.165) is 5.06 Å². The third kappa shape index (κ3) is 3.81. The van der Waals surface area contributed by atoms with E-state index in [9.17, 15) is 19.2 Å². The second-order valence-corrected chi connectivity index (χ2v) is 5.19. The van der Waals surface area contributed by atoms with E-state index in [4.69, 9.17) is 4.84 Å². The molecule has 7 nitrogen and oxygen atoms in total. The second kappa shape index (κ2) is 7.02. The summed E-state index contributed by atoms with van der Waals surface area (Å²) in [6, 6.07) is 0. The van der Waals surface area contributed by atoms with Crippen molar-refractivity contribution in [1.82, 2.24) is 9.96 Å². The lowest BCUT2D eigenvalue weighted by molar-refractivity contribution is -0.186. The number of rotatable bonds is 7. The molecule has 7 heteroatoms. The highest BCUT2D eigenvalue weighted by Crippen LogP contribution is 2.21. The van der Waals surface area contributed by atoms with Crippen LogP contribution in [-0.4, -0.2) is 40.2 Å². The number of amides is 3. The van der Waals surface area contributed by atoms with Gasteiger partial charge in [0.2, 0.25) is 0 Å². The molecular weight excluding hydrogens is 288 g/mol. The first kappa shape index (κ1) is 15.9. The number of carbonyl (C=O) groups is 4.